The fraction of sp³-hybridized carbons (Fsp3) is 0.100. The average molecular weight is 208 g/mol. The first-order valence-electron chi connectivity index (χ1n) is 4.26. The smallest absolute Gasteiger partial charge is 0.229 e. The molecule has 2 aromatic rings. The summed E-state index contributed by atoms with van der Waals surface area (Å²) in [6.45, 7) is 0. The van der Waals surface area contributed by atoms with Crippen LogP contribution in [-0.4, -0.2) is 12.3 Å². The fourth-order valence-corrected chi connectivity index (χ4v) is 1.29. The van der Waals surface area contributed by atoms with E-state index in [9.17, 15) is 4.39 Å². The Bertz CT molecular complexity index is 482. The summed E-state index contributed by atoms with van der Waals surface area (Å²) >= 11 is 0. The Morgan fingerprint density at radius 2 is 2.27 bits per heavy atom. The maximum Gasteiger partial charge on any atom is 0.229 e. The van der Waals surface area contributed by atoms with Gasteiger partial charge in [0, 0.05) is 0 Å². The van der Waals surface area contributed by atoms with E-state index in [1.807, 2.05) is 0 Å². The molecular weight excluding hydrogens is 199 g/mol. The predicted octanol–water partition coefficient (Wildman–Crippen LogP) is 2.07. The first-order chi connectivity index (χ1) is 7.22. The second-order valence-corrected chi connectivity index (χ2v) is 2.95. The number of methoxy groups -OCH3 is 1. The van der Waals surface area contributed by atoms with Gasteiger partial charge < -0.3 is 15.0 Å². The van der Waals surface area contributed by atoms with E-state index in [1.165, 1.54) is 25.4 Å². The van der Waals surface area contributed by atoms with Gasteiger partial charge in [-0.2, -0.15) is 0 Å². The number of ether oxygens (including phenoxy) is 1. The average Bonchev–Trinajstić information content (AvgIpc) is 2.65. The van der Waals surface area contributed by atoms with E-state index in [4.69, 9.17) is 15.0 Å². The van der Waals surface area contributed by atoms with Gasteiger partial charge in [-0.1, -0.05) is 11.2 Å². The molecule has 78 valence electrons. The van der Waals surface area contributed by atoms with Crippen molar-refractivity contribution >= 4 is 5.88 Å². The molecule has 15 heavy (non-hydrogen) atoms. The molecule has 0 amide bonds. The quantitative estimate of drug-likeness (QED) is 0.820. The van der Waals surface area contributed by atoms with E-state index in [0.29, 0.717) is 11.1 Å². The van der Waals surface area contributed by atoms with Gasteiger partial charge in [-0.15, -0.1) is 0 Å². The van der Waals surface area contributed by atoms with Crippen LogP contribution in [0.25, 0.3) is 11.1 Å². The van der Waals surface area contributed by atoms with Crippen molar-refractivity contribution in [2.75, 3.05) is 12.8 Å². The van der Waals surface area contributed by atoms with Gasteiger partial charge in [0.25, 0.3) is 0 Å². The highest BCUT2D eigenvalue weighted by Gasteiger charge is 2.10. The SMILES string of the molecule is COc1cc(-c2cnoc2N)ccc1F. The zero-order valence-electron chi connectivity index (χ0n) is 8.03. The van der Waals surface area contributed by atoms with Crippen molar-refractivity contribution < 1.29 is 13.7 Å². The van der Waals surface area contributed by atoms with Crippen LogP contribution in [0.15, 0.2) is 28.9 Å². The number of nitrogen functional groups attached to an aromatic ring is 1. The van der Waals surface area contributed by atoms with Crippen molar-refractivity contribution in [2.45, 2.75) is 0 Å². The maximum absolute atomic E-state index is 13.1. The van der Waals surface area contributed by atoms with E-state index >= 15 is 0 Å². The van der Waals surface area contributed by atoms with Crippen LogP contribution >= 0.6 is 0 Å². The number of nitrogens with two attached hydrogens (primary N) is 1. The molecule has 5 heteroatoms. The molecule has 0 atom stereocenters. The summed E-state index contributed by atoms with van der Waals surface area (Å²) in [5.74, 6) is -0.0620. The first kappa shape index (κ1) is 9.51. The van der Waals surface area contributed by atoms with Crippen molar-refractivity contribution in [1.82, 2.24) is 5.16 Å². The van der Waals surface area contributed by atoms with Crippen LogP contribution in [0.1, 0.15) is 0 Å². The van der Waals surface area contributed by atoms with Crippen LogP contribution in [0.4, 0.5) is 10.3 Å². The van der Waals surface area contributed by atoms with Crippen LogP contribution in [0.3, 0.4) is 0 Å². The molecule has 2 rings (SSSR count). The minimum absolute atomic E-state index is 0.160. The number of nitrogens with zero attached hydrogens (tertiary/aromatic N) is 1. The zero-order valence-corrected chi connectivity index (χ0v) is 8.03. The monoisotopic (exact) mass is 208 g/mol. The van der Waals surface area contributed by atoms with Crippen LogP contribution in [0.5, 0.6) is 5.75 Å². The molecule has 0 spiro atoms. The summed E-state index contributed by atoms with van der Waals surface area (Å²) in [4.78, 5) is 0. The lowest BCUT2D eigenvalue weighted by molar-refractivity contribution is 0.387. The van der Waals surface area contributed by atoms with Gasteiger partial charge in [-0.05, 0) is 17.7 Å². The lowest BCUT2D eigenvalue weighted by atomic mass is 10.1. The molecule has 1 heterocycles. The van der Waals surface area contributed by atoms with Crippen LogP contribution in [-0.2, 0) is 0 Å². The number of rotatable bonds is 2. The van der Waals surface area contributed by atoms with Gasteiger partial charge in [0.1, 0.15) is 0 Å². The Balaban J connectivity index is 2.51. The van der Waals surface area contributed by atoms with Gasteiger partial charge in [-0.25, -0.2) is 4.39 Å². The molecule has 0 saturated carbocycles. The largest absolute Gasteiger partial charge is 0.494 e. The first-order valence-corrected chi connectivity index (χ1v) is 4.26. The molecular formula is C10H9FN2O2. The molecule has 0 bridgehead atoms. The number of hydrogen-bond donors (Lipinski definition) is 1. The number of anilines is 1. The Hall–Kier alpha value is -2.04. The summed E-state index contributed by atoms with van der Waals surface area (Å²) in [5.41, 5.74) is 6.86. The van der Waals surface area contributed by atoms with Gasteiger partial charge in [0.05, 0.1) is 18.9 Å². The molecule has 1 aromatic carbocycles. The van der Waals surface area contributed by atoms with E-state index in [-0.39, 0.29) is 11.6 Å². The normalized spacial score (nSPS) is 10.3. The fourth-order valence-electron chi connectivity index (χ4n) is 1.29. The van der Waals surface area contributed by atoms with Gasteiger partial charge in [0.15, 0.2) is 11.6 Å². The molecule has 0 fully saturated rings. The van der Waals surface area contributed by atoms with Crippen molar-refractivity contribution in [3.05, 3.63) is 30.2 Å². The Labute approximate surface area is 85.4 Å². The minimum atomic E-state index is -0.420. The van der Waals surface area contributed by atoms with Crippen LogP contribution < -0.4 is 10.5 Å². The molecule has 0 aliphatic carbocycles. The zero-order chi connectivity index (χ0) is 10.8. The summed E-state index contributed by atoms with van der Waals surface area (Å²) < 4.78 is 22.7. The third-order valence-corrected chi connectivity index (χ3v) is 2.06. The lowest BCUT2D eigenvalue weighted by Gasteiger charge is -2.03. The highest BCUT2D eigenvalue weighted by molar-refractivity contribution is 5.72. The summed E-state index contributed by atoms with van der Waals surface area (Å²) in [7, 11) is 1.40. The Kier molecular flexibility index (Phi) is 2.29. The summed E-state index contributed by atoms with van der Waals surface area (Å²) in [6.07, 6.45) is 1.47. The summed E-state index contributed by atoms with van der Waals surface area (Å²) in [5, 5.41) is 3.54. The number of hydrogen-bond acceptors (Lipinski definition) is 4. The minimum Gasteiger partial charge on any atom is -0.494 e. The van der Waals surface area contributed by atoms with Gasteiger partial charge in [0.2, 0.25) is 5.88 Å². The lowest BCUT2D eigenvalue weighted by Crippen LogP contribution is -1.90. The molecule has 0 radical (unpaired) electrons. The van der Waals surface area contributed by atoms with Crippen LogP contribution in [0.2, 0.25) is 0 Å². The molecule has 4 nitrogen and oxygen atoms in total. The Morgan fingerprint density at radius 1 is 1.47 bits per heavy atom. The molecule has 2 N–H and O–H groups in total. The van der Waals surface area contributed by atoms with Crippen molar-refractivity contribution in [3.8, 4) is 16.9 Å². The molecule has 1 aromatic heterocycles. The third-order valence-electron chi connectivity index (χ3n) is 2.06. The second-order valence-electron chi connectivity index (χ2n) is 2.95. The molecule has 0 aliphatic heterocycles. The molecule has 0 saturated heterocycles. The second kappa shape index (κ2) is 3.61. The molecule has 0 aliphatic rings. The van der Waals surface area contributed by atoms with Crippen LogP contribution in [0, 0.1) is 5.82 Å². The predicted molar refractivity (Wildman–Crippen MR) is 52.9 cm³/mol. The maximum atomic E-state index is 13.1. The highest BCUT2D eigenvalue weighted by Crippen LogP contribution is 2.29. The highest BCUT2D eigenvalue weighted by atomic mass is 19.1. The number of halogens is 1. The topological polar surface area (TPSA) is 61.3 Å². The van der Waals surface area contributed by atoms with E-state index < -0.39 is 5.82 Å². The van der Waals surface area contributed by atoms with Crippen molar-refractivity contribution in [3.63, 3.8) is 0 Å². The Morgan fingerprint density at radius 3 is 2.87 bits per heavy atom. The van der Waals surface area contributed by atoms with E-state index in [0.717, 1.165) is 0 Å². The van der Waals surface area contributed by atoms with Gasteiger partial charge >= 0.3 is 0 Å². The van der Waals surface area contributed by atoms with Gasteiger partial charge in [-0.3, -0.25) is 0 Å². The van der Waals surface area contributed by atoms with Crippen molar-refractivity contribution in [1.29, 1.82) is 0 Å². The number of benzene rings is 1. The summed E-state index contributed by atoms with van der Waals surface area (Å²) in [6, 6.07) is 4.43. The van der Waals surface area contributed by atoms with E-state index in [2.05, 4.69) is 5.16 Å². The van der Waals surface area contributed by atoms with Crippen molar-refractivity contribution in [2.24, 2.45) is 0 Å². The van der Waals surface area contributed by atoms with E-state index in [1.54, 1.807) is 6.07 Å². The molecule has 0 unspecified atom stereocenters. The number of aromatic nitrogens is 1. The standard InChI is InChI=1S/C10H9FN2O2/c1-14-9-4-6(2-3-8(9)11)7-5-13-15-10(7)12/h2-5H,12H2,1H3. The third kappa shape index (κ3) is 1.63.